The first-order chi connectivity index (χ1) is 6.06. The molecule has 4 heteroatoms. The van der Waals surface area contributed by atoms with Crippen LogP contribution in [0.3, 0.4) is 0 Å². The van der Waals surface area contributed by atoms with E-state index >= 15 is 0 Å². The molecule has 0 fully saturated rings. The molecule has 0 aromatic carbocycles. The first-order valence-electron chi connectivity index (χ1n) is 4.40. The highest BCUT2D eigenvalue weighted by molar-refractivity contribution is 7.11. The number of rotatable bonds is 3. The van der Waals surface area contributed by atoms with E-state index in [-0.39, 0.29) is 5.92 Å². The monoisotopic (exact) mass is 200 g/mol. The van der Waals surface area contributed by atoms with Crippen molar-refractivity contribution in [2.75, 3.05) is 0 Å². The van der Waals surface area contributed by atoms with Crippen molar-refractivity contribution in [1.29, 1.82) is 0 Å². The Hall–Kier alpha value is -0.450. The maximum absolute atomic E-state index is 9.74. The van der Waals surface area contributed by atoms with Crippen LogP contribution in [0.15, 0.2) is 0 Å². The Bertz CT molecular complexity index is 283. The zero-order valence-electron chi connectivity index (χ0n) is 8.24. The van der Waals surface area contributed by atoms with Crippen LogP contribution in [-0.4, -0.2) is 10.1 Å². The van der Waals surface area contributed by atoms with E-state index < -0.39 is 6.10 Å². The molecule has 0 radical (unpaired) electrons. The summed E-state index contributed by atoms with van der Waals surface area (Å²) in [6.07, 6.45) is -0.455. The lowest BCUT2D eigenvalue weighted by Crippen LogP contribution is -2.04. The molecule has 0 saturated heterocycles. The van der Waals surface area contributed by atoms with E-state index in [1.807, 2.05) is 20.8 Å². The summed E-state index contributed by atoms with van der Waals surface area (Å²) in [7, 11) is 0. The molecule has 0 bridgehead atoms. The number of nitrogens with zero attached hydrogens (tertiary/aromatic N) is 1. The summed E-state index contributed by atoms with van der Waals surface area (Å²) in [5, 5.41) is 10.5. The number of hydrogen-bond donors (Lipinski definition) is 2. The minimum absolute atomic E-state index is 0.205. The van der Waals surface area contributed by atoms with Gasteiger partial charge in [-0.3, -0.25) is 0 Å². The summed E-state index contributed by atoms with van der Waals surface area (Å²) in [6.45, 7) is 6.39. The minimum atomic E-state index is -0.455. The second kappa shape index (κ2) is 4.17. The number of aryl methyl sites for hydroxylation is 1. The average Bonchev–Trinajstić information content (AvgIpc) is 2.45. The van der Waals surface area contributed by atoms with Gasteiger partial charge in [-0.25, -0.2) is 4.98 Å². The van der Waals surface area contributed by atoms with Crippen LogP contribution in [0.4, 0.5) is 0 Å². The van der Waals surface area contributed by atoms with E-state index in [1.54, 1.807) is 0 Å². The van der Waals surface area contributed by atoms with Gasteiger partial charge in [0, 0.05) is 11.4 Å². The van der Waals surface area contributed by atoms with Gasteiger partial charge >= 0.3 is 0 Å². The van der Waals surface area contributed by atoms with Gasteiger partial charge in [0.05, 0.1) is 5.69 Å². The molecule has 1 aromatic heterocycles. The maximum Gasteiger partial charge on any atom is 0.122 e. The third-order valence-electron chi connectivity index (χ3n) is 1.98. The van der Waals surface area contributed by atoms with Crippen LogP contribution >= 0.6 is 11.3 Å². The lowest BCUT2D eigenvalue weighted by Gasteiger charge is -2.10. The molecule has 3 N–H and O–H groups in total. The van der Waals surface area contributed by atoms with Gasteiger partial charge in [0.15, 0.2) is 0 Å². The molecule has 74 valence electrons. The van der Waals surface area contributed by atoms with Gasteiger partial charge in [-0.15, -0.1) is 11.3 Å². The van der Waals surface area contributed by atoms with E-state index in [9.17, 15) is 5.11 Å². The molecular formula is C9H16N2OS. The first-order valence-corrected chi connectivity index (χ1v) is 5.22. The molecule has 1 atom stereocenters. The van der Waals surface area contributed by atoms with E-state index in [0.717, 1.165) is 15.6 Å². The topological polar surface area (TPSA) is 59.1 Å². The molecule has 0 aliphatic heterocycles. The molecular weight excluding hydrogens is 184 g/mol. The van der Waals surface area contributed by atoms with Gasteiger partial charge in [0.25, 0.3) is 0 Å². The minimum Gasteiger partial charge on any atom is -0.386 e. The second-order valence-electron chi connectivity index (χ2n) is 3.45. The average molecular weight is 200 g/mol. The van der Waals surface area contributed by atoms with Crippen LogP contribution < -0.4 is 5.73 Å². The zero-order valence-corrected chi connectivity index (χ0v) is 9.06. The predicted molar refractivity (Wildman–Crippen MR) is 54.5 cm³/mol. The number of hydrogen-bond acceptors (Lipinski definition) is 4. The Morgan fingerprint density at radius 2 is 2.15 bits per heavy atom. The van der Waals surface area contributed by atoms with Crippen molar-refractivity contribution >= 4 is 11.3 Å². The highest BCUT2D eigenvalue weighted by Crippen LogP contribution is 2.27. The van der Waals surface area contributed by atoms with Gasteiger partial charge < -0.3 is 10.8 Å². The third-order valence-corrected chi connectivity index (χ3v) is 3.23. The Morgan fingerprint density at radius 3 is 2.54 bits per heavy atom. The van der Waals surface area contributed by atoms with Gasteiger partial charge in [0.1, 0.15) is 11.1 Å². The summed E-state index contributed by atoms with van der Waals surface area (Å²) in [6, 6.07) is 0. The molecule has 1 unspecified atom stereocenters. The van der Waals surface area contributed by atoms with Crippen molar-refractivity contribution in [1.82, 2.24) is 4.98 Å². The lowest BCUT2D eigenvalue weighted by atomic mass is 10.1. The number of aromatic nitrogens is 1. The van der Waals surface area contributed by atoms with Crippen molar-refractivity contribution in [3.8, 4) is 0 Å². The van der Waals surface area contributed by atoms with Crippen molar-refractivity contribution in [2.45, 2.75) is 33.4 Å². The Morgan fingerprint density at radius 1 is 1.54 bits per heavy atom. The van der Waals surface area contributed by atoms with Gasteiger partial charge in [-0.05, 0) is 12.8 Å². The Balaban J connectivity index is 2.90. The second-order valence-corrected chi connectivity index (χ2v) is 4.57. The molecule has 0 amide bonds. The molecule has 1 rings (SSSR count). The van der Waals surface area contributed by atoms with Crippen LogP contribution in [0.1, 0.15) is 35.5 Å². The third kappa shape index (κ3) is 2.27. The Kier molecular flexibility index (Phi) is 3.41. The molecule has 0 saturated carbocycles. The highest BCUT2D eigenvalue weighted by atomic mass is 32.1. The van der Waals surface area contributed by atoms with E-state index in [4.69, 9.17) is 5.73 Å². The lowest BCUT2D eigenvalue weighted by molar-refractivity contribution is 0.126. The maximum atomic E-state index is 9.74. The summed E-state index contributed by atoms with van der Waals surface area (Å²) < 4.78 is 0. The quantitative estimate of drug-likeness (QED) is 0.779. The predicted octanol–water partition coefficient (Wildman–Crippen LogP) is 1.60. The molecule has 1 aromatic rings. The van der Waals surface area contributed by atoms with E-state index in [2.05, 4.69) is 4.98 Å². The van der Waals surface area contributed by atoms with Gasteiger partial charge in [-0.2, -0.15) is 0 Å². The summed E-state index contributed by atoms with van der Waals surface area (Å²) >= 11 is 1.51. The van der Waals surface area contributed by atoms with E-state index in [1.165, 1.54) is 11.3 Å². The number of aliphatic hydroxyl groups is 1. The molecule has 0 aliphatic rings. The van der Waals surface area contributed by atoms with Crippen LogP contribution in [0.5, 0.6) is 0 Å². The standard InChI is InChI=1S/C9H16N2OS/c1-5(2)8(12)9-11-6(3)7(4-10)13-9/h5,8,12H,4,10H2,1-3H3. The molecule has 13 heavy (non-hydrogen) atoms. The van der Waals surface area contributed by atoms with Crippen molar-refractivity contribution in [2.24, 2.45) is 11.7 Å². The van der Waals surface area contributed by atoms with Crippen molar-refractivity contribution in [3.63, 3.8) is 0 Å². The highest BCUT2D eigenvalue weighted by Gasteiger charge is 2.17. The number of thiazole rings is 1. The molecule has 1 heterocycles. The SMILES string of the molecule is Cc1nc(C(O)C(C)C)sc1CN. The fourth-order valence-electron chi connectivity index (χ4n) is 1.05. The van der Waals surface area contributed by atoms with Crippen molar-refractivity contribution in [3.05, 3.63) is 15.6 Å². The van der Waals surface area contributed by atoms with Crippen LogP contribution in [0.25, 0.3) is 0 Å². The number of aliphatic hydroxyl groups excluding tert-OH is 1. The molecule has 3 nitrogen and oxygen atoms in total. The zero-order chi connectivity index (χ0) is 10.0. The summed E-state index contributed by atoms with van der Waals surface area (Å²) in [5.41, 5.74) is 6.48. The fraction of sp³-hybridized carbons (Fsp3) is 0.667. The summed E-state index contributed by atoms with van der Waals surface area (Å²) in [4.78, 5) is 5.36. The normalized spacial score (nSPS) is 13.7. The van der Waals surface area contributed by atoms with Crippen LogP contribution in [0, 0.1) is 12.8 Å². The smallest absolute Gasteiger partial charge is 0.122 e. The number of nitrogens with two attached hydrogens (primary N) is 1. The van der Waals surface area contributed by atoms with Crippen LogP contribution in [-0.2, 0) is 6.54 Å². The Labute approximate surface area is 82.6 Å². The van der Waals surface area contributed by atoms with E-state index in [0.29, 0.717) is 6.54 Å². The van der Waals surface area contributed by atoms with Crippen LogP contribution in [0.2, 0.25) is 0 Å². The van der Waals surface area contributed by atoms with Gasteiger partial charge in [-0.1, -0.05) is 13.8 Å². The first kappa shape index (κ1) is 10.6. The fourth-order valence-corrected chi connectivity index (χ4v) is 2.16. The molecule has 0 spiro atoms. The molecule has 0 aliphatic carbocycles. The summed E-state index contributed by atoms with van der Waals surface area (Å²) in [5.74, 6) is 0.205. The van der Waals surface area contributed by atoms with Crippen molar-refractivity contribution < 1.29 is 5.11 Å². The largest absolute Gasteiger partial charge is 0.386 e. The van der Waals surface area contributed by atoms with Gasteiger partial charge in [0.2, 0.25) is 0 Å².